The van der Waals surface area contributed by atoms with Gasteiger partial charge < -0.3 is 19.6 Å². The van der Waals surface area contributed by atoms with Crippen LogP contribution in [0.1, 0.15) is 49.4 Å². The highest BCUT2D eigenvalue weighted by atomic mass is 16.5. The minimum Gasteiger partial charge on any atom is -0.443 e. The lowest BCUT2D eigenvalue weighted by molar-refractivity contribution is 0.379. The summed E-state index contributed by atoms with van der Waals surface area (Å²) in [6, 6.07) is 0. The molecule has 0 spiro atoms. The fourth-order valence-corrected chi connectivity index (χ4v) is 2.28. The molecule has 24 heavy (non-hydrogen) atoms. The van der Waals surface area contributed by atoms with Crippen molar-refractivity contribution in [3.63, 3.8) is 0 Å². The first kappa shape index (κ1) is 18.0. The number of oxazole rings is 1. The molecule has 2 N–H and O–H groups in total. The fourth-order valence-electron chi connectivity index (χ4n) is 2.28. The van der Waals surface area contributed by atoms with E-state index in [1.807, 2.05) is 13.8 Å². The van der Waals surface area contributed by atoms with Gasteiger partial charge in [0.15, 0.2) is 5.96 Å². The number of nitrogens with zero attached hydrogens (tertiary/aromatic N) is 3. The van der Waals surface area contributed by atoms with Gasteiger partial charge in [0.2, 0.25) is 5.89 Å². The van der Waals surface area contributed by atoms with Crippen LogP contribution in [0.15, 0.2) is 20.1 Å². The summed E-state index contributed by atoms with van der Waals surface area (Å²) in [5, 5.41) is 10.4. The first-order chi connectivity index (χ1) is 11.3. The Kier molecular flexibility index (Phi) is 5.64. The van der Waals surface area contributed by atoms with Crippen LogP contribution in [0.3, 0.4) is 0 Å². The summed E-state index contributed by atoms with van der Waals surface area (Å²) < 4.78 is 10.9. The predicted molar refractivity (Wildman–Crippen MR) is 93.1 cm³/mol. The van der Waals surface area contributed by atoms with Crippen LogP contribution in [-0.2, 0) is 18.4 Å². The zero-order valence-corrected chi connectivity index (χ0v) is 15.4. The average Bonchev–Trinajstić information content (AvgIpc) is 3.11. The molecule has 132 valence electrons. The summed E-state index contributed by atoms with van der Waals surface area (Å²) in [6.07, 6.45) is 2.61. The Hall–Kier alpha value is -2.31. The van der Waals surface area contributed by atoms with E-state index in [2.05, 4.69) is 46.5 Å². The van der Waals surface area contributed by atoms with Gasteiger partial charge in [-0.05, 0) is 20.3 Å². The van der Waals surface area contributed by atoms with Crippen molar-refractivity contribution in [3.05, 3.63) is 34.9 Å². The molecular formula is C17H27N5O2. The van der Waals surface area contributed by atoms with Crippen LogP contribution in [0, 0.1) is 13.8 Å². The van der Waals surface area contributed by atoms with Crippen LogP contribution < -0.4 is 10.6 Å². The number of aryl methyl sites for hydroxylation is 2. The van der Waals surface area contributed by atoms with E-state index < -0.39 is 0 Å². The Bertz CT molecular complexity index is 675. The number of guanidine groups is 1. The number of rotatable bonds is 5. The zero-order chi connectivity index (χ0) is 17.7. The molecular weight excluding hydrogens is 306 g/mol. The SMILES string of the molecule is CN=C(NCCc1c(C)noc1C)NCc1ncc(C(C)(C)C)o1. The first-order valence-electron chi connectivity index (χ1n) is 8.12. The Morgan fingerprint density at radius 1 is 1.25 bits per heavy atom. The molecule has 2 aromatic rings. The minimum absolute atomic E-state index is 0.0421. The molecule has 0 saturated heterocycles. The molecule has 0 saturated carbocycles. The smallest absolute Gasteiger partial charge is 0.213 e. The second-order valence-electron chi connectivity index (χ2n) is 6.77. The summed E-state index contributed by atoms with van der Waals surface area (Å²) in [4.78, 5) is 8.51. The highest BCUT2D eigenvalue weighted by Gasteiger charge is 2.19. The van der Waals surface area contributed by atoms with E-state index in [0.29, 0.717) is 18.4 Å². The van der Waals surface area contributed by atoms with E-state index >= 15 is 0 Å². The van der Waals surface area contributed by atoms with Gasteiger partial charge in [0, 0.05) is 24.6 Å². The second kappa shape index (κ2) is 7.51. The van der Waals surface area contributed by atoms with E-state index in [1.165, 1.54) is 0 Å². The molecule has 0 bridgehead atoms. The van der Waals surface area contributed by atoms with Crippen LogP contribution in [0.2, 0.25) is 0 Å². The topological polar surface area (TPSA) is 88.5 Å². The number of aliphatic imine (C=N–C) groups is 1. The number of aromatic nitrogens is 2. The van der Waals surface area contributed by atoms with Gasteiger partial charge in [-0.2, -0.15) is 0 Å². The molecule has 0 amide bonds. The highest BCUT2D eigenvalue weighted by molar-refractivity contribution is 5.79. The Labute approximate surface area is 142 Å². The van der Waals surface area contributed by atoms with Gasteiger partial charge in [0.1, 0.15) is 11.5 Å². The third-order valence-electron chi connectivity index (χ3n) is 3.77. The molecule has 2 rings (SSSR count). The first-order valence-corrected chi connectivity index (χ1v) is 8.12. The predicted octanol–water partition coefficient (Wildman–Crippen LogP) is 2.48. The quantitative estimate of drug-likeness (QED) is 0.645. The van der Waals surface area contributed by atoms with E-state index in [1.54, 1.807) is 13.2 Å². The molecule has 7 nitrogen and oxygen atoms in total. The molecule has 0 atom stereocenters. The Morgan fingerprint density at radius 2 is 2.00 bits per heavy atom. The number of hydrogen-bond donors (Lipinski definition) is 2. The van der Waals surface area contributed by atoms with Gasteiger partial charge in [-0.3, -0.25) is 4.99 Å². The van der Waals surface area contributed by atoms with E-state index in [9.17, 15) is 0 Å². The molecule has 0 radical (unpaired) electrons. The largest absolute Gasteiger partial charge is 0.443 e. The molecule has 0 aliphatic carbocycles. The highest BCUT2D eigenvalue weighted by Crippen LogP contribution is 2.22. The molecule has 0 aliphatic rings. The Balaban J connectivity index is 1.81. The van der Waals surface area contributed by atoms with Crippen LogP contribution >= 0.6 is 0 Å². The lowest BCUT2D eigenvalue weighted by Crippen LogP contribution is -2.38. The third kappa shape index (κ3) is 4.59. The van der Waals surface area contributed by atoms with Crippen LogP contribution in [-0.4, -0.2) is 29.7 Å². The molecule has 0 aromatic carbocycles. The second-order valence-corrected chi connectivity index (χ2v) is 6.77. The monoisotopic (exact) mass is 333 g/mol. The van der Waals surface area contributed by atoms with E-state index in [0.717, 1.165) is 35.7 Å². The van der Waals surface area contributed by atoms with Gasteiger partial charge in [0.05, 0.1) is 18.4 Å². The molecule has 0 aliphatic heterocycles. The maximum absolute atomic E-state index is 5.76. The van der Waals surface area contributed by atoms with Crippen LogP contribution in [0.25, 0.3) is 0 Å². The summed E-state index contributed by atoms with van der Waals surface area (Å²) in [7, 11) is 1.74. The third-order valence-corrected chi connectivity index (χ3v) is 3.77. The van der Waals surface area contributed by atoms with Crippen molar-refractivity contribution >= 4 is 5.96 Å². The molecule has 2 heterocycles. The number of nitrogens with one attached hydrogen (secondary N) is 2. The van der Waals surface area contributed by atoms with E-state index in [4.69, 9.17) is 8.94 Å². The van der Waals surface area contributed by atoms with Gasteiger partial charge in [-0.1, -0.05) is 25.9 Å². The maximum Gasteiger partial charge on any atom is 0.213 e. The van der Waals surface area contributed by atoms with Crippen molar-refractivity contribution in [2.45, 2.75) is 53.0 Å². The summed E-state index contributed by atoms with van der Waals surface area (Å²) in [5.41, 5.74) is 2.03. The lowest BCUT2D eigenvalue weighted by Gasteiger charge is -2.13. The van der Waals surface area contributed by atoms with Crippen molar-refractivity contribution in [2.75, 3.05) is 13.6 Å². The van der Waals surface area contributed by atoms with Crippen LogP contribution in [0.4, 0.5) is 0 Å². The van der Waals surface area contributed by atoms with Crippen molar-refractivity contribution in [1.29, 1.82) is 0 Å². The normalized spacial score (nSPS) is 12.5. The van der Waals surface area contributed by atoms with Crippen molar-refractivity contribution in [2.24, 2.45) is 4.99 Å². The lowest BCUT2D eigenvalue weighted by atomic mass is 9.94. The maximum atomic E-state index is 5.76. The van der Waals surface area contributed by atoms with Crippen molar-refractivity contribution < 1.29 is 8.94 Å². The van der Waals surface area contributed by atoms with Crippen LogP contribution in [0.5, 0.6) is 0 Å². The fraction of sp³-hybridized carbons (Fsp3) is 0.588. The molecule has 0 fully saturated rings. The summed E-state index contributed by atoms with van der Waals surface area (Å²) in [6.45, 7) is 11.4. The molecule has 2 aromatic heterocycles. The van der Waals surface area contributed by atoms with Gasteiger partial charge in [-0.25, -0.2) is 4.98 Å². The zero-order valence-electron chi connectivity index (χ0n) is 15.4. The Morgan fingerprint density at radius 3 is 2.54 bits per heavy atom. The van der Waals surface area contributed by atoms with Gasteiger partial charge >= 0.3 is 0 Å². The summed E-state index contributed by atoms with van der Waals surface area (Å²) in [5.74, 6) is 3.10. The van der Waals surface area contributed by atoms with Gasteiger partial charge in [0.25, 0.3) is 0 Å². The van der Waals surface area contributed by atoms with Gasteiger partial charge in [-0.15, -0.1) is 0 Å². The minimum atomic E-state index is -0.0421. The summed E-state index contributed by atoms with van der Waals surface area (Å²) >= 11 is 0. The van der Waals surface area contributed by atoms with Crippen molar-refractivity contribution in [1.82, 2.24) is 20.8 Å². The molecule has 7 heteroatoms. The standard InChI is InChI=1S/C17H27N5O2/c1-11-13(12(2)24-22-11)7-8-19-16(18-6)21-10-15-20-9-14(23-15)17(3,4)5/h9H,7-8,10H2,1-6H3,(H2,18,19,21). The molecule has 0 unspecified atom stereocenters. The average molecular weight is 333 g/mol. The number of hydrogen-bond acceptors (Lipinski definition) is 5. The van der Waals surface area contributed by atoms with E-state index in [-0.39, 0.29) is 5.41 Å². The van der Waals surface area contributed by atoms with Crippen molar-refractivity contribution in [3.8, 4) is 0 Å².